The highest BCUT2D eigenvalue weighted by Gasteiger charge is 2.32. The summed E-state index contributed by atoms with van der Waals surface area (Å²) in [5.74, 6) is -0.426. The second kappa shape index (κ2) is 7.83. The quantitative estimate of drug-likeness (QED) is 0.790. The first-order valence-electron chi connectivity index (χ1n) is 8.98. The number of rotatable bonds is 6. The lowest BCUT2D eigenvalue weighted by Gasteiger charge is -2.37. The number of carboxylic acids is 1. The molecule has 0 amide bonds. The van der Waals surface area contributed by atoms with E-state index in [0.29, 0.717) is 30.9 Å². The van der Waals surface area contributed by atoms with Crippen LogP contribution in [-0.2, 0) is 24.1 Å². The Labute approximate surface area is 161 Å². The van der Waals surface area contributed by atoms with Gasteiger partial charge in [-0.05, 0) is 54.3 Å². The number of carboxylic acid groups (broad SMARTS) is 1. The smallest absolute Gasteiger partial charge is 0.416 e. The van der Waals surface area contributed by atoms with Gasteiger partial charge < -0.3 is 9.84 Å². The van der Waals surface area contributed by atoms with Crippen LogP contribution in [0.25, 0.3) is 0 Å². The summed E-state index contributed by atoms with van der Waals surface area (Å²) in [6, 6.07) is 8.87. The molecule has 2 aromatic rings. The Morgan fingerprint density at radius 1 is 1.18 bits per heavy atom. The van der Waals surface area contributed by atoms with E-state index >= 15 is 0 Å². The molecular weight excluding hydrogens is 371 g/mol. The third-order valence-electron chi connectivity index (χ3n) is 5.20. The largest absolute Gasteiger partial charge is 0.489 e. The van der Waals surface area contributed by atoms with Gasteiger partial charge in [-0.15, -0.1) is 0 Å². The van der Waals surface area contributed by atoms with Crippen molar-refractivity contribution in [3.8, 4) is 5.75 Å². The van der Waals surface area contributed by atoms with Crippen LogP contribution in [0.1, 0.15) is 27.8 Å². The fourth-order valence-electron chi connectivity index (χ4n) is 3.27. The van der Waals surface area contributed by atoms with E-state index in [1.165, 1.54) is 6.07 Å². The molecular formula is C21H22F3NO3. The zero-order valence-electron chi connectivity index (χ0n) is 15.7. The van der Waals surface area contributed by atoms with Crippen molar-refractivity contribution < 1.29 is 27.8 Å². The molecule has 1 fully saturated rings. The highest BCUT2D eigenvalue weighted by Crippen LogP contribution is 2.31. The first-order valence-corrected chi connectivity index (χ1v) is 8.98. The number of benzene rings is 2. The van der Waals surface area contributed by atoms with Crippen LogP contribution in [0.5, 0.6) is 5.75 Å². The molecule has 1 heterocycles. The van der Waals surface area contributed by atoms with Crippen LogP contribution < -0.4 is 4.74 Å². The van der Waals surface area contributed by atoms with E-state index in [4.69, 9.17) is 9.84 Å². The van der Waals surface area contributed by atoms with Crippen LogP contribution in [0.4, 0.5) is 13.2 Å². The molecule has 28 heavy (non-hydrogen) atoms. The van der Waals surface area contributed by atoms with Gasteiger partial charge in [-0.25, -0.2) is 0 Å². The Morgan fingerprint density at radius 2 is 1.89 bits per heavy atom. The molecule has 1 N–H and O–H groups in total. The van der Waals surface area contributed by atoms with E-state index in [1.807, 2.05) is 26.0 Å². The molecule has 0 bridgehead atoms. The number of alkyl halides is 3. The molecule has 0 spiro atoms. The molecule has 150 valence electrons. The van der Waals surface area contributed by atoms with E-state index in [9.17, 15) is 18.0 Å². The Hall–Kier alpha value is -2.54. The van der Waals surface area contributed by atoms with Gasteiger partial charge in [0.15, 0.2) is 0 Å². The maximum Gasteiger partial charge on any atom is 0.416 e. The molecule has 3 rings (SSSR count). The van der Waals surface area contributed by atoms with Gasteiger partial charge >= 0.3 is 12.1 Å². The van der Waals surface area contributed by atoms with E-state index in [-0.39, 0.29) is 12.5 Å². The SMILES string of the molecule is Cc1c(CN2CC(C(=O)O)C2)ccc(OCc2cccc(C(F)(F)F)c2)c1C. The van der Waals surface area contributed by atoms with E-state index in [0.717, 1.165) is 28.8 Å². The van der Waals surface area contributed by atoms with Crippen molar-refractivity contribution in [1.29, 1.82) is 0 Å². The third kappa shape index (κ3) is 4.47. The number of carbonyl (C=O) groups is 1. The van der Waals surface area contributed by atoms with Crippen LogP contribution in [0.3, 0.4) is 0 Å². The van der Waals surface area contributed by atoms with Crippen molar-refractivity contribution in [2.45, 2.75) is 33.2 Å². The topological polar surface area (TPSA) is 49.8 Å². The van der Waals surface area contributed by atoms with Crippen LogP contribution in [0.2, 0.25) is 0 Å². The number of nitrogens with zero attached hydrogens (tertiary/aromatic N) is 1. The molecule has 1 aliphatic rings. The summed E-state index contributed by atoms with van der Waals surface area (Å²) in [6.07, 6.45) is -4.37. The fraction of sp³-hybridized carbons (Fsp3) is 0.381. The summed E-state index contributed by atoms with van der Waals surface area (Å²) in [6.45, 7) is 5.69. The molecule has 2 aromatic carbocycles. The Morgan fingerprint density at radius 3 is 2.54 bits per heavy atom. The first-order chi connectivity index (χ1) is 13.1. The minimum atomic E-state index is -4.37. The summed E-state index contributed by atoms with van der Waals surface area (Å²) < 4.78 is 44.2. The van der Waals surface area contributed by atoms with Crippen molar-refractivity contribution in [3.05, 3.63) is 64.2 Å². The van der Waals surface area contributed by atoms with Crippen molar-refractivity contribution >= 4 is 5.97 Å². The second-order valence-corrected chi connectivity index (χ2v) is 7.19. The number of hydrogen-bond donors (Lipinski definition) is 1. The van der Waals surface area contributed by atoms with Gasteiger partial charge in [0.25, 0.3) is 0 Å². The number of hydrogen-bond acceptors (Lipinski definition) is 3. The van der Waals surface area contributed by atoms with E-state index in [2.05, 4.69) is 4.90 Å². The highest BCUT2D eigenvalue weighted by atomic mass is 19.4. The lowest BCUT2D eigenvalue weighted by molar-refractivity contribution is -0.147. The van der Waals surface area contributed by atoms with Crippen molar-refractivity contribution in [1.82, 2.24) is 4.90 Å². The highest BCUT2D eigenvalue weighted by molar-refractivity contribution is 5.71. The van der Waals surface area contributed by atoms with Gasteiger partial charge in [-0.1, -0.05) is 18.2 Å². The first kappa shape index (κ1) is 20.2. The number of ether oxygens (including phenoxy) is 1. The molecule has 4 nitrogen and oxygen atoms in total. The maximum absolute atomic E-state index is 12.8. The number of likely N-dealkylation sites (tertiary alicyclic amines) is 1. The van der Waals surface area contributed by atoms with Crippen molar-refractivity contribution in [2.24, 2.45) is 5.92 Å². The van der Waals surface area contributed by atoms with Gasteiger partial charge in [0, 0.05) is 19.6 Å². The molecule has 0 saturated carbocycles. The summed E-state index contributed by atoms with van der Waals surface area (Å²) in [5.41, 5.74) is 2.83. The average Bonchev–Trinajstić information content (AvgIpc) is 2.59. The molecule has 0 aromatic heterocycles. The number of halogens is 3. The molecule has 0 aliphatic carbocycles. The average molecular weight is 393 g/mol. The predicted molar refractivity (Wildman–Crippen MR) is 98.1 cm³/mol. The van der Waals surface area contributed by atoms with E-state index in [1.54, 1.807) is 6.07 Å². The van der Waals surface area contributed by atoms with E-state index < -0.39 is 17.7 Å². The molecule has 0 unspecified atom stereocenters. The van der Waals surface area contributed by atoms with Gasteiger partial charge in [0.2, 0.25) is 0 Å². The van der Waals surface area contributed by atoms with Gasteiger partial charge in [-0.3, -0.25) is 9.69 Å². The molecule has 1 saturated heterocycles. The molecule has 1 aliphatic heterocycles. The van der Waals surface area contributed by atoms with Crippen LogP contribution in [0, 0.1) is 19.8 Å². The minimum absolute atomic E-state index is 0.0516. The Balaban J connectivity index is 1.64. The van der Waals surface area contributed by atoms with Gasteiger partial charge in [-0.2, -0.15) is 13.2 Å². The lowest BCUT2D eigenvalue weighted by Crippen LogP contribution is -2.49. The Kier molecular flexibility index (Phi) is 5.65. The Bertz CT molecular complexity index is 874. The van der Waals surface area contributed by atoms with Crippen molar-refractivity contribution in [2.75, 3.05) is 13.1 Å². The molecule has 0 atom stereocenters. The monoisotopic (exact) mass is 393 g/mol. The maximum atomic E-state index is 12.8. The van der Waals surface area contributed by atoms with Crippen LogP contribution in [0.15, 0.2) is 36.4 Å². The lowest BCUT2D eigenvalue weighted by atomic mass is 9.97. The predicted octanol–water partition coefficient (Wildman–Crippen LogP) is 4.42. The molecule has 7 heteroatoms. The number of aliphatic carboxylic acids is 1. The third-order valence-corrected chi connectivity index (χ3v) is 5.20. The molecule has 0 radical (unpaired) electrons. The standard InChI is InChI=1S/C21H22F3NO3/c1-13-14(2)19(7-6-16(13)9-25-10-17(11-25)20(26)27)28-12-15-4-3-5-18(8-15)21(22,23)24/h3-8,17H,9-12H2,1-2H3,(H,26,27). The fourth-order valence-corrected chi connectivity index (χ4v) is 3.27. The summed E-state index contributed by atoms with van der Waals surface area (Å²) in [7, 11) is 0. The van der Waals surface area contributed by atoms with Gasteiger partial charge in [0.1, 0.15) is 12.4 Å². The summed E-state index contributed by atoms with van der Waals surface area (Å²) >= 11 is 0. The normalized spacial score (nSPS) is 15.3. The van der Waals surface area contributed by atoms with Crippen LogP contribution in [-0.4, -0.2) is 29.1 Å². The minimum Gasteiger partial charge on any atom is -0.489 e. The zero-order chi connectivity index (χ0) is 20.5. The summed E-state index contributed by atoms with van der Waals surface area (Å²) in [4.78, 5) is 13.0. The van der Waals surface area contributed by atoms with Crippen LogP contribution >= 0.6 is 0 Å². The summed E-state index contributed by atoms with van der Waals surface area (Å²) in [5, 5.41) is 8.96. The van der Waals surface area contributed by atoms with Gasteiger partial charge in [0.05, 0.1) is 11.5 Å². The second-order valence-electron chi connectivity index (χ2n) is 7.19. The zero-order valence-corrected chi connectivity index (χ0v) is 15.7. The van der Waals surface area contributed by atoms with Crippen molar-refractivity contribution in [3.63, 3.8) is 0 Å².